The monoisotopic (exact) mass is 377 g/mol. The van der Waals surface area contributed by atoms with Crippen LogP contribution in [0.1, 0.15) is 21.9 Å². The highest BCUT2D eigenvalue weighted by molar-refractivity contribution is 6.03. The summed E-state index contributed by atoms with van der Waals surface area (Å²) in [6.45, 7) is 1.63. The number of hydrogen-bond acceptors (Lipinski definition) is 6. The van der Waals surface area contributed by atoms with Gasteiger partial charge in [0.2, 0.25) is 0 Å². The van der Waals surface area contributed by atoms with Gasteiger partial charge in [-0.2, -0.15) is 18.3 Å². The minimum Gasteiger partial charge on any atom is -0.463 e. The topological polar surface area (TPSA) is 98.5 Å². The lowest BCUT2D eigenvalue weighted by molar-refractivity contribution is -0.142. The van der Waals surface area contributed by atoms with E-state index in [1.807, 2.05) is 0 Å². The normalized spacial score (nSPS) is 11.9. The molecule has 0 radical (unpaired) electrons. The third-order valence-electron chi connectivity index (χ3n) is 3.59. The minimum atomic E-state index is -4.72. The summed E-state index contributed by atoms with van der Waals surface area (Å²) < 4.78 is 50.9. The molecule has 4 aromatic heterocycles. The molecule has 4 rings (SSSR count). The first-order valence-electron chi connectivity index (χ1n) is 7.58. The van der Waals surface area contributed by atoms with Gasteiger partial charge in [0.1, 0.15) is 11.5 Å². The zero-order valence-electron chi connectivity index (χ0n) is 13.6. The second-order valence-corrected chi connectivity index (χ2v) is 5.58. The Kier molecular flexibility index (Phi) is 3.72. The summed E-state index contributed by atoms with van der Waals surface area (Å²) in [5.41, 5.74) is -1.53. The molecule has 0 aliphatic rings. The van der Waals surface area contributed by atoms with E-state index in [0.29, 0.717) is 10.3 Å². The number of rotatable bonds is 3. The molecule has 1 N–H and O–H groups in total. The highest BCUT2D eigenvalue weighted by Gasteiger charge is 2.36. The first-order valence-corrected chi connectivity index (χ1v) is 7.58. The summed E-state index contributed by atoms with van der Waals surface area (Å²) in [6, 6.07) is 6.42. The van der Waals surface area contributed by atoms with E-state index in [1.54, 1.807) is 6.92 Å². The van der Waals surface area contributed by atoms with Gasteiger partial charge >= 0.3 is 6.18 Å². The van der Waals surface area contributed by atoms with Crippen LogP contribution in [0.25, 0.3) is 17.1 Å². The van der Waals surface area contributed by atoms with Crippen LogP contribution in [-0.2, 0) is 6.18 Å². The Balaban J connectivity index is 1.79. The Labute approximate surface area is 148 Å². The number of amides is 1. The number of nitrogens with zero attached hydrogens (tertiary/aromatic N) is 4. The molecule has 0 atom stereocenters. The Bertz CT molecular complexity index is 1130. The fraction of sp³-hybridized carbons (Fsp3) is 0.125. The number of carbonyl (C=O) groups is 1. The van der Waals surface area contributed by atoms with Gasteiger partial charge in [0.05, 0.1) is 6.26 Å². The molecule has 0 unspecified atom stereocenters. The van der Waals surface area contributed by atoms with Crippen LogP contribution in [-0.4, -0.2) is 25.7 Å². The van der Waals surface area contributed by atoms with Crippen molar-refractivity contribution < 1.29 is 26.9 Å². The van der Waals surface area contributed by atoms with Crippen molar-refractivity contribution in [3.63, 3.8) is 0 Å². The zero-order chi connectivity index (χ0) is 19.2. The Hall–Kier alpha value is -3.63. The van der Waals surface area contributed by atoms with E-state index in [2.05, 4.69) is 20.6 Å². The fourth-order valence-electron chi connectivity index (χ4n) is 2.44. The van der Waals surface area contributed by atoms with Gasteiger partial charge in [-0.3, -0.25) is 4.79 Å². The van der Waals surface area contributed by atoms with Crippen molar-refractivity contribution >= 4 is 17.4 Å². The van der Waals surface area contributed by atoms with Crippen LogP contribution in [0.3, 0.4) is 0 Å². The summed E-state index contributed by atoms with van der Waals surface area (Å²) in [5.74, 6) is -0.00556. The fourth-order valence-corrected chi connectivity index (χ4v) is 2.44. The van der Waals surface area contributed by atoms with E-state index in [9.17, 15) is 18.0 Å². The molecule has 0 aliphatic heterocycles. The number of nitrogens with one attached hydrogen (secondary N) is 1. The molecule has 8 nitrogen and oxygen atoms in total. The lowest BCUT2D eigenvalue weighted by Crippen LogP contribution is -2.15. The van der Waals surface area contributed by atoms with Gasteiger partial charge in [0, 0.05) is 12.1 Å². The molecule has 0 aliphatic carbocycles. The van der Waals surface area contributed by atoms with Crippen LogP contribution in [0, 0.1) is 6.92 Å². The van der Waals surface area contributed by atoms with E-state index in [-0.39, 0.29) is 28.6 Å². The number of aromatic nitrogens is 4. The summed E-state index contributed by atoms with van der Waals surface area (Å²) in [6.07, 6.45) is -3.39. The number of furan rings is 1. The number of hydrogen-bond donors (Lipinski definition) is 1. The molecule has 0 fully saturated rings. The van der Waals surface area contributed by atoms with Gasteiger partial charge in [0.15, 0.2) is 28.6 Å². The van der Waals surface area contributed by atoms with E-state index in [1.165, 1.54) is 24.5 Å². The first-order chi connectivity index (χ1) is 12.8. The molecule has 0 bridgehead atoms. The highest BCUT2D eigenvalue weighted by Crippen LogP contribution is 2.32. The molecule has 1 amide bonds. The van der Waals surface area contributed by atoms with E-state index < -0.39 is 17.8 Å². The lowest BCUT2D eigenvalue weighted by Gasteiger charge is -2.09. The molecule has 11 heteroatoms. The number of fused-ring (bicyclic) bond motifs is 1. The van der Waals surface area contributed by atoms with Crippen molar-refractivity contribution in [2.75, 3.05) is 5.32 Å². The van der Waals surface area contributed by atoms with Crippen LogP contribution in [0.15, 0.2) is 45.5 Å². The van der Waals surface area contributed by atoms with Crippen molar-refractivity contribution in [3.8, 4) is 11.5 Å². The summed E-state index contributed by atoms with van der Waals surface area (Å²) >= 11 is 0. The third-order valence-corrected chi connectivity index (χ3v) is 3.59. The van der Waals surface area contributed by atoms with Crippen molar-refractivity contribution in [2.45, 2.75) is 13.1 Å². The minimum absolute atomic E-state index is 0.0289. The van der Waals surface area contributed by atoms with Crippen molar-refractivity contribution in [1.82, 2.24) is 19.8 Å². The number of halogens is 3. The van der Waals surface area contributed by atoms with E-state index in [4.69, 9.17) is 8.94 Å². The number of anilines is 1. The second-order valence-electron chi connectivity index (χ2n) is 5.58. The predicted molar refractivity (Wildman–Crippen MR) is 84.9 cm³/mol. The van der Waals surface area contributed by atoms with Crippen LogP contribution < -0.4 is 5.32 Å². The maximum Gasteiger partial charge on any atom is 0.433 e. The maximum atomic E-state index is 13.5. The molecule has 0 spiro atoms. The quantitative estimate of drug-likeness (QED) is 0.586. The summed E-state index contributed by atoms with van der Waals surface area (Å²) in [5, 5.41) is 9.72. The lowest BCUT2D eigenvalue weighted by atomic mass is 10.2. The van der Waals surface area contributed by atoms with Gasteiger partial charge in [-0.1, -0.05) is 5.16 Å². The molecular weight excluding hydrogens is 367 g/mol. The molecule has 27 heavy (non-hydrogen) atoms. The Morgan fingerprint density at radius 2 is 2.07 bits per heavy atom. The van der Waals surface area contributed by atoms with Crippen LogP contribution in [0.5, 0.6) is 0 Å². The smallest absolute Gasteiger partial charge is 0.433 e. The second kappa shape index (κ2) is 5.97. The molecule has 0 saturated heterocycles. The molecule has 4 heterocycles. The summed E-state index contributed by atoms with van der Waals surface area (Å²) in [4.78, 5) is 16.4. The zero-order valence-corrected chi connectivity index (χ0v) is 13.6. The Morgan fingerprint density at radius 1 is 1.26 bits per heavy atom. The average molecular weight is 377 g/mol. The van der Waals surface area contributed by atoms with Crippen LogP contribution in [0.2, 0.25) is 0 Å². The van der Waals surface area contributed by atoms with Gasteiger partial charge < -0.3 is 14.3 Å². The van der Waals surface area contributed by atoms with Crippen LogP contribution in [0.4, 0.5) is 19.0 Å². The SMILES string of the molecule is Cc1cc(NC(=O)c2cc3nc(-c4ccco4)cc(C(F)(F)F)n3n2)no1. The van der Waals surface area contributed by atoms with Crippen LogP contribution >= 0.6 is 0 Å². The van der Waals surface area contributed by atoms with E-state index >= 15 is 0 Å². The van der Waals surface area contributed by atoms with Gasteiger partial charge in [-0.15, -0.1) is 0 Å². The van der Waals surface area contributed by atoms with E-state index in [0.717, 1.165) is 12.1 Å². The van der Waals surface area contributed by atoms with Gasteiger partial charge in [-0.05, 0) is 25.1 Å². The molecular formula is C16H10F3N5O3. The predicted octanol–water partition coefficient (Wildman–Crippen LogP) is 3.56. The largest absolute Gasteiger partial charge is 0.463 e. The van der Waals surface area contributed by atoms with Crippen molar-refractivity contribution in [2.24, 2.45) is 0 Å². The van der Waals surface area contributed by atoms with Crippen molar-refractivity contribution in [1.29, 1.82) is 0 Å². The van der Waals surface area contributed by atoms with Gasteiger partial charge in [0.25, 0.3) is 5.91 Å². The number of alkyl halides is 3. The number of aryl methyl sites for hydroxylation is 1. The molecule has 0 saturated carbocycles. The molecule has 4 aromatic rings. The third kappa shape index (κ3) is 3.14. The average Bonchev–Trinajstić information content (AvgIpc) is 3.32. The first kappa shape index (κ1) is 16.8. The number of carbonyl (C=O) groups excluding carboxylic acids is 1. The summed E-state index contributed by atoms with van der Waals surface area (Å²) in [7, 11) is 0. The van der Waals surface area contributed by atoms with Gasteiger partial charge in [-0.25, -0.2) is 9.50 Å². The molecule has 138 valence electrons. The molecule has 0 aromatic carbocycles. The van der Waals surface area contributed by atoms with Crippen molar-refractivity contribution in [3.05, 3.63) is 53.7 Å². The Morgan fingerprint density at radius 3 is 2.70 bits per heavy atom. The maximum absolute atomic E-state index is 13.5. The standard InChI is InChI=1S/C16H10F3N5O3/c1-8-5-13(23-27-8)21-15(25)10-7-14-20-9(11-3-2-4-26-11)6-12(16(17,18)19)24(14)22-10/h2-7H,1H3,(H,21,23,25). The highest BCUT2D eigenvalue weighted by atomic mass is 19.4.